The third-order valence-electron chi connectivity index (χ3n) is 5.05. The molecule has 0 aliphatic rings. The highest BCUT2D eigenvalue weighted by Gasteiger charge is 2.24. The predicted molar refractivity (Wildman–Crippen MR) is 117 cm³/mol. The third-order valence-corrected chi connectivity index (χ3v) is 5.69. The van der Waals surface area contributed by atoms with E-state index in [9.17, 15) is 14.9 Å². The van der Waals surface area contributed by atoms with Gasteiger partial charge in [-0.05, 0) is 30.5 Å². The number of rotatable bonds is 2. The molecule has 3 N–H and O–H groups in total. The van der Waals surface area contributed by atoms with Crippen molar-refractivity contribution in [2.45, 2.75) is 5.16 Å². The van der Waals surface area contributed by atoms with Gasteiger partial charge in [0.2, 0.25) is 0 Å². The molecule has 0 aliphatic carbocycles. The zero-order chi connectivity index (χ0) is 21.0. The summed E-state index contributed by atoms with van der Waals surface area (Å²) in [6.45, 7) is 0. The number of fused-ring (bicyclic) bond motifs is 3. The van der Waals surface area contributed by atoms with Crippen molar-refractivity contribution in [2.24, 2.45) is 0 Å². The average molecular weight is 414 g/mol. The van der Waals surface area contributed by atoms with Gasteiger partial charge in [-0.1, -0.05) is 36.0 Å². The molecule has 5 aromatic rings. The molecule has 3 heterocycles. The minimum absolute atomic E-state index is 0.0286. The molecule has 0 bridgehead atoms. The van der Waals surface area contributed by atoms with Crippen LogP contribution in [0.4, 0.5) is 5.69 Å². The zero-order valence-corrected chi connectivity index (χ0v) is 16.5. The standard InChI is InChI=1S/C21H14N6O2S/c1-30-21-25-14-9-5-3-7-12(14)20(29)27(21)17-16(23)15(10-22)26-18(17)24-13-8-4-2-6-11(13)19(26)28/h2-9,24H,23H2,1H3. The molecule has 8 nitrogen and oxygen atoms in total. The van der Waals surface area contributed by atoms with Gasteiger partial charge in [-0.3, -0.25) is 9.59 Å². The molecule has 0 aliphatic heterocycles. The lowest BCUT2D eigenvalue weighted by Gasteiger charge is -2.12. The Morgan fingerprint density at radius 3 is 2.50 bits per heavy atom. The van der Waals surface area contributed by atoms with Crippen LogP contribution in [0.5, 0.6) is 0 Å². The fourth-order valence-corrected chi connectivity index (χ4v) is 4.25. The van der Waals surface area contributed by atoms with E-state index in [0.717, 1.165) is 0 Å². The van der Waals surface area contributed by atoms with Gasteiger partial charge >= 0.3 is 0 Å². The number of hydrogen-bond acceptors (Lipinski definition) is 6. The molecule has 146 valence electrons. The Morgan fingerprint density at radius 2 is 1.77 bits per heavy atom. The van der Waals surface area contributed by atoms with Crippen molar-refractivity contribution in [2.75, 3.05) is 12.0 Å². The van der Waals surface area contributed by atoms with Crippen LogP contribution in [0, 0.1) is 11.3 Å². The highest BCUT2D eigenvalue weighted by atomic mass is 32.2. The number of benzene rings is 2. The summed E-state index contributed by atoms with van der Waals surface area (Å²) in [6, 6.07) is 16.0. The maximum atomic E-state index is 13.4. The van der Waals surface area contributed by atoms with Crippen molar-refractivity contribution >= 4 is 44.9 Å². The second kappa shape index (κ2) is 6.50. The minimum atomic E-state index is -0.388. The summed E-state index contributed by atoms with van der Waals surface area (Å²) >= 11 is 1.27. The maximum Gasteiger partial charge on any atom is 0.266 e. The molecule has 0 radical (unpaired) electrons. The van der Waals surface area contributed by atoms with Crippen LogP contribution in [0.1, 0.15) is 5.69 Å². The first-order valence-corrected chi connectivity index (χ1v) is 10.2. The van der Waals surface area contributed by atoms with Gasteiger partial charge in [-0.25, -0.2) is 14.0 Å². The number of aromatic amines is 1. The van der Waals surface area contributed by atoms with Crippen molar-refractivity contribution in [3.8, 4) is 11.8 Å². The number of nitrogens with one attached hydrogen (secondary N) is 1. The largest absolute Gasteiger partial charge is 0.395 e. The van der Waals surface area contributed by atoms with E-state index >= 15 is 0 Å². The van der Waals surface area contributed by atoms with Crippen LogP contribution in [0.15, 0.2) is 63.3 Å². The normalized spacial score (nSPS) is 11.3. The summed E-state index contributed by atoms with van der Waals surface area (Å²) in [5, 5.41) is 11.0. The number of H-pyrrole nitrogens is 1. The molecule has 30 heavy (non-hydrogen) atoms. The molecule has 0 fully saturated rings. The molecular formula is C21H14N6O2S. The monoisotopic (exact) mass is 414 g/mol. The average Bonchev–Trinajstić information content (AvgIpc) is 3.05. The molecule has 0 amide bonds. The summed E-state index contributed by atoms with van der Waals surface area (Å²) in [5.41, 5.74) is 7.26. The van der Waals surface area contributed by atoms with E-state index in [0.29, 0.717) is 27.0 Å². The van der Waals surface area contributed by atoms with Crippen molar-refractivity contribution in [1.29, 1.82) is 5.26 Å². The van der Waals surface area contributed by atoms with Gasteiger partial charge in [0.05, 0.1) is 27.5 Å². The second-order valence-corrected chi connectivity index (χ2v) is 7.41. The quantitative estimate of drug-likeness (QED) is 0.338. The van der Waals surface area contributed by atoms with Gasteiger partial charge in [0.25, 0.3) is 11.1 Å². The smallest absolute Gasteiger partial charge is 0.266 e. The van der Waals surface area contributed by atoms with E-state index in [-0.39, 0.29) is 33.8 Å². The summed E-state index contributed by atoms with van der Waals surface area (Å²) in [5.74, 6) is 0. The molecule has 0 saturated carbocycles. The molecule has 3 aromatic heterocycles. The first-order valence-electron chi connectivity index (χ1n) is 8.98. The lowest BCUT2D eigenvalue weighted by molar-refractivity contribution is 0.826. The predicted octanol–water partition coefficient (Wildman–Crippen LogP) is 2.66. The molecular weight excluding hydrogens is 400 g/mol. The van der Waals surface area contributed by atoms with Crippen LogP contribution >= 0.6 is 11.8 Å². The number of aromatic nitrogens is 4. The van der Waals surface area contributed by atoms with E-state index in [1.165, 1.54) is 20.7 Å². The van der Waals surface area contributed by atoms with Crippen LogP contribution in [0.3, 0.4) is 0 Å². The number of nitriles is 1. The molecule has 2 aromatic carbocycles. The fraction of sp³-hybridized carbons (Fsp3) is 0.0476. The SMILES string of the molecule is CSc1nc2ccccc2c(=O)n1-c1c(N)c(C#N)n2c(=O)c3ccccc3[nH]c12. The summed E-state index contributed by atoms with van der Waals surface area (Å²) < 4.78 is 2.59. The number of thioether (sulfide) groups is 1. The van der Waals surface area contributed by atoms with E-state index in [1.54, 1.807) is 48.7 Å². The molecule has 9 heteroatoms. The zero-order valence-electron chi connectivity index (χ0n) is 15.7. The maximum absolute atomic E-state index is 13.4. The summed E-state index contributed by atoms with van der Waals surface area (Å²) in [4.78, 5) is 34.3. The number of nitrogens with zero attached hydrogens (tertiary/aromatic N) is 4. The Kier molecular flexibility index (Phi) is 3.91. The highest BCUT2D eigenvalue weighted by molar-refractivity contribution is 7.98. The first-order chi connectivity index (χ1) is 14.6. The molecule has 0 unspecified atom stereocenters. The van der Waals surface area contributed by atoms with Crippen LogP contribution in [0.25, 0.3) is 33.1 Å². The second-order valence-electron chi connectivity index (χ2n) is 6.64. The van der Waals surface area contributed by atoms with Crippen molar-refractivity contribution in [3.63, 3.8) is 0 Å². The number of anilines is 1. The van der Waals surface area contributed by atoms with Crippen LogP contribution in [0.2, 0.25) is 0 Å². The van der Waals surface area contributed by atoms with Crippen molar-refractivity contribution in [3.05, 3.63) is 74.9 Å². The van der Waals surface area contributed by atoms with E-state index in [4.69, 9.17) is 5.73 Å². The Morgan fingerprint density at radius 1 is 1.07 bits per heavy atom. The van der Waals surface area contributed by atoms with E-state index < -0.39 is 0 Å². The molecule has 0 atom stereocenters. The topological polar surface area (TPSA) is 122 Å². The van der Waals surface area contributed by atoms with Gasteiger partial charge in [0.1, 0.15) is 17.4 Å². The van der Waals surface area contributed by atoms with Crippen molar-refractivity contribution in [1.82, 2.24) is 18.9 Å². The fourth-order valence-electron chi connectivity index (χ4n) is 3.71. The summed E-state index contributed by atoms with van der Waals surface area (Å²) in [6.07, 6.45) is 1.80. The highest BCUT2D eigenvalue weighted by Crippen LogP contribution is 2.30. The van der Waals surface area contributed by atoms with Gasteiger partial charge in [0, 0.05) is 0 Å². The molecule has 0 saturated heterocycles. The van der Waals surface area contributed by atoms with E-state index in [1.807, 2.05) is 12.1 Å². The van der Waals surface area contributed by atoms with Crippen molar-refractivity contribution < 1.29 is 0 Å². The Bertz CT molecular complexity index is 1650. The van der Waals surface area contributed by atoms with Crippen LogP contribution < -0.4 is 16.9 Å². The van der Waals surface area contributed by atoms with E-state index in [2.05, 4.69) is 9.97 Å². The Labute approximate surface area is 173 Å². The first kappa shape index (κ1) is 18.0. The van der Waals surface area contributed by atoms with Gasteiger partial charge in [-0.15, -0.1) is 0 Å². The lowest BCUT2D eigenvalue weighted by atomic mass is 10.2. The lowest BCUT2D eigenvalue weighted by Crippen LogP contribution is -2.23. The van der Waals surface area contributed by atoms with Gasteiger partial charge in [0.15, 0.2) is 10.9 Å². The van der Waals surface area contributed by atoms with Gasteiger partial charge < -0.3 is 10.7 Å². The number of nitrogen functional groups attached to an aromatic ring is 1. The minimum Gasteiger partial charge on any atom is -0.395 e. The number of nitrogens with two attached hydrogens (primary N) is 1. The van der Waals surface area contributed by atoms with Gasteiger partial charge in [-0.2, -0.15) is 5.26 Å². The summed E-state index contributed by atoms with van der Waals surface area (Å²) in [7, 11) is 0. The molecule has 0 spiro atoms. The number of hydrogen-bond donors (Lipinski definition) is 2. The number of para-hydroxylation sites is 2. The van der Waals surface area contributed by atoms with Crippen LogP contribution in [-0.2, 0) is 0 Å². The Balaban J connectivity index is 2.04. The Hall–Kier alpha value is -4.03. The molecule has 5 rings (SSSR count). The van der Waals surface area contributed by atoms with Crippen LogP contribution in [-0.4, -0.2) is 25.2 Å². The third kappa shape index (κ3) is 2.31.